The third-order valence-corrected chi connectivity index (χ3v) is 3.66. The molecular weight excluding hydrogens is 380 g/mol. The minimum Gasteiger partial charge on any atom is -0.198 e. The average molecular weight is 392 g/mol. The van der Waals surface area contributed by atoms with E-state index >= 15 is 0 Å². The van der Waals surface area contributed by atoms with Gasteiger partial charge in [-0.2, -0.15) is 10.5 Å². The van der Waals surface area contributed by atoms with Crippen LogP contribution < -0.4 is 0 Å². The van der Waals surface area contributed by atoms with Crippen LogP contribution in [0.1, 0.15) is 16.0 Å². The Kier molecular flexibility index (Phi) is 7.65. The van der Waals surface area contributed by atoms with Crippen LogP contribution in [0.3, 0.4) is 0 Å². The summed E-state index contributed by atoms with van der Waals surface area (Å²) in [6, 6.07) is 21.5. The maximum Gasteiger partial charge on any atom is 0.126 e. The highest BCUT2D eigenvalue weighted by Gasteiger charge is 2.01. The summed E-state index contributed by atoms with van der Waals surface area (Å²) in [6.07, 6.45) is 0.493. The van der Waals surface area contributed by atoms with Crippen molar-refractivity contribution in [2.75, 3.05) is 0 Å². The lowest BCUT2D eigenvalue weighted by Crippen LogP contribution is -1.82. The number of halogens is 2. The van der Waals surface area contributed by atoms with Crippen LogP contribution >= 0.6 is 31.9 Å². The second kappa shape index (κ2) is 9.31. The topological polar surface area (TPSA) is 47.6 Å². The molecule has 2 aromatic rings. The summed E-state index contributed by atoms with van der Waals surface area (Å²) in [5.74, 6) is 0. The van der Waals surface area contributed by atoms with Crippen molar-refractivity contribution in [1.82, 2.24) is 0 Å². The summed E-state index contributed by atoms with van der Waals surface area (Å²) in [7, 11) is 0. The molecule has 2 aromatic carbocycles. The van der Waals surface area contributed by atoms with Gasteiger partial charge in [0, 0.05) is 4.47 Å². The van der Waals surface area contributed by atoms with Gasteiger partial charge < -0.3 is 0 Å². The molecule has 2 nitrogen and oxygen atoms in total. The van der Waals surface area contributed by atoms with Crippen molar-refractivity contribution < 1.29 is 0 Å². The van der Waals surface area contributed by atoms with E-state index in [2.05, 4.69) is 44.0 Å². The molecule has 0 radical (unpaired) electrons. The Morgan fingerprint density at radius 3 is 2.05 bits per heavy atom. The van der Waals surface area contributed by atoms with Gasteiger partial charge in [-0.05, 0) is 23.3 Å². The van der Waals surface area contributed by atoms with Crippen molar-refractivity contribution in [3.63, 3.8) is 0 Å². The maximum absolute atomic E-state index is 8.49. The van der Waals surface area contributed by atoms with Gasteiger partial charge in [0.25, 0.3) is 0 Å². The first-order valence-electron chi connectivity index (χ1n) is 5.87. The quantitative estimate of drug-likeness (QED) is 0.663. The van der Waals surface area contributed by atoms with Crippen molar-refractivity contribution >= 4 is 31.9 Å². The fourth-order valence-corrected chi connectivity index (χ4v) is 1.96. The highest BCUT2D eigenvalue weighted by atomic mass is 79.9. The standard InChI is InChI=1S/2C8H6BrN/c9-8-3-1-7(2-4-8)5-6-10;9-8(6-10)7-4-2-1-3-5-7/h1-4H,5H2;1-5,8H. The van der Waals surface area contributed by atoms with Gasteiger partial charge in [-0.1, -0.05) is 74.3 Å². The molecule has 20 heavy (non-hydrogen) atoms. The summed E-state index contributed by atoms with van der Waals surface area (Å²) >= 11 is 6.54. The lowest BCUT2D eigenvalue weighted by molar-refractivity contribution is 1.25. The molecular formula is C16H12Br2N2. The molecule has 2 rings (SSSR count). The largest absolute Gasteiger partial charge is 0.198 e. The second-order valence-corrected chi connectivity index (χ2v) is 5.70. The third-order valence-electron chi connectivity index (χ3n) is 2.40. The lowest BCUT2D eigenvalue weighted by atomic mass is 10.2. The zero-order chi connectivity index (χ0) is 14.8. The number of nitrogens with zero attached hydrogens (tertiary/aromatic N) is 2. The summed E-state index contributed by atoms with van der Waals surface area (Å²) in [5.41, 5.74) is 2.07. The van der Waals surface area contributed by atoms with E-state index < -0.39 is 0 Å². The normalized spacial score (nSPS) is 10.4. The van der Waals surface area contributed by atoms with E-state index in [4.69, 9.17) is 10.5 Å². The molecule has 0 spiro atoms. The summed E-state index contributed by atoms with van der Waals surface area (Å²) < 4.78 is 1.05. The van der Waals surface area contributed by atoms with Gasteiger partial charge in [0.2, 0.25) is 0 Å². The van der Waals surface area contributed by atoms with Crippen molar-refractivity contribution in [3.8, 4) is 12.1 Å². The molecule has 0 fully saturated rings. The van der Waals surface area contributed by atoms with Gasteiger partial charge in [-0.25, -0.2) is 0 Å². The fourth-order valence-electron chi connectivity index (χ4n) is 1.39. The second-order valence-electron chi connectivity index (χ2n) is 3.86. The molecule has 0 N–H and O–H groups in total. The van der Waals surface area contributed by atoms with E-state index in [0.717, 1.165) is 15.6 Å². The molecule has 1 unspecified atom stereocenters. The highest BCUT2D eigenvalue weighted by Crippen LogP contribution is 2.20. The van der Waals surface area contributed by atoms with Gasteiger partial charge >= 0.3 is 0 Å². The summed E-state index contributed by atoms with van der Waals surface area (Å²) in [6.45, 7) is 0. The first-order valence-corrected chi connectivity index (χ1v) is 7.58. The van der Waals surface area contributed by atoms with E-state index in [9.17, 15) is 0 Å². The number of hydrogen-bond acceptors (Lipinski definition) is 2. The first-order chi connectivity index (χ1) is 9.67. The number of rotatable bonds is 2. The monoisotopic (exact) mass is 390 g/mol. The third kappa shape index (κ3) is 6.02. The smallest absolute Gasteiger partial charge is 0.126 e. The Hall–Kier alpha value is -1.62. The first kappa shape index (κ1) is 16.4. The molecule has 4 heteroatoms. The van der Waals surface area contributed by atoms with Crippen LogP contribution in [0.15, 0.2) is 59.1 Å². The summed E-state index contributed by atoms with van der Waals surface area (Å²) in [5, 5.41) is 16.8. The zero-order valence-electron chi connectivity index (χ0n) is 10.6. The summed E-state index contributed by atoms with van der Waals surface area (Å²) in [4.78, 5) is -0.173. The number of hydrogen-bond donors (Lipinski definition) is 0. The van der Waals surface area contributed by atoms with Gasteiger partial charge in [0.05, 0.1) is 18.6 Å². The molecule has 0 aromatic heterocycles. The number of nitriles is 2. The van der Waals surface area contributed by atoms with Gasteiger partial charge in [0.15, 0.2) is 0 Å². The Labute approximate surface area is 135 Å². The van der Waals surface area contributed by atoms with Crippen LogP contribution in [-0.2, 0) is 6.42 Å². The number of benzene rings is 2. The van der Waals surface area contributed by atoms with Crippen LogP contribution in [-0.4, -0.2) is 0 Å². The molecule has 1 atom stereocenters. The Morgan fingerprint density at radius 1 is 0.950 bits per heavy atom. The minimum absolute atomic E-state index is 0.173. The lowest BCUT2D eigenvalue weighted by Gasteiger charge is -1.97. The molecule has 0 aliphatic heterocycles. The van der Waals surface area contributed by atoms with Crippen molar-refractivity contribution in [3.05, 3.63) is 70.2 Å². The highest BCUT2D eigenvalue weighted by molar-refractivity contribution is 9.10. The van der Waals surface area contributed by atoms with E-state index in [1.807, 2.05) is 54.6 Å². The molecule has 0 bridgehead atoms. The van der Waals surface area contributed by atoms with Crippen molar-refractivity contribution in [2.24, 2.45) is 0 Å². The Bertz CT molecular complexity index is 595. The van der Waals surface area contributed by atoms with Gasteiger partial charge in [-0.15, -0.1) is 0 Å². The van der Waals surface area contributed by atoms with Crippen molar-refractivity contribution in [1.29, 1.82) is 10.5 Å². The fraction of sp³-hybridized carbons (Fsp3) is 0.125. The number of alkyl halides is 1. The Balaban J connectivity index is 0.000000200. The Morgan fingerprint density at radius 2 is 1.55 bits per heavy atom. The van der Waals surface area contributed by atoms with Gasteiger partial charge in [0.1, 0.15) is 4.83 Å². The molecule has 0 saturated carbocycles. The van der Waals surface area contributed by atoms with Crippen LogP contribution in [0.25, 0.3) is 0 Å². The molecule has 0 amide bonds. The van der Waals surface area contributed by atoms with Crippen molar-refractivity contribution in [2.45, 2.75) is 11.2 Å². The van der Waals surface area contributed by atoms with Gasteiger partial charge in [-0.3, -0.25) is 0 Å². The zero-order valence-corrected chi connectivity index (χ0v) is 13.8. The van der Waals surface area contributed by atoms with Crippen LogP contribution in [0.2, 0.25) is 0 Å². The molecule has 0 aliphatic rings. The molecule has 0 heterocycles. The van der Waals surface area contributed by atoms with E-state index in [0.29, 0.717) is 6.42 Å². The van der Waals surface area contributed by atoms with E-state index in [-0.39, 0.29) is 4.83 Å². The average Bonchev–Trinajstić information content (AvgIpc) is 2.50. The molecule has 100 valence electrons. The van der Waals surface area contributed by atoms with Crippen LogP contribution in [0, 0.1) is 22.7 Å². The molecule has 0 aliphatic carbocycles. The predicted molar refractivity (Wildman–Crippen MR) is 87.2 cm³/mol. The predicted octanol–water partition coefficient (Wildman–Crippen LogP) is 5.16. The van der Waals surface area contributed by atoms with E-state index in [1.54, 1.807) is 0 Å². The maximum atomic E-state index is 8.49. The minimum atomic E-state index is -0.173. The SMILES string of the molecule is N#CC(Br)c1ccccc1.N#CCc1ccc(Br)cc1. The van der Waals surface area contributed by atoms with E-state index in [1.165, 1.54) is 0 Å². The van der Waals surface area contributed by atoms with Crippen LogP contribution in [0.4, 0.5) is 0 Å². The van der Waals surface area contributed by atoms with Crippen LogP contribution in [0.5, 0.6) is 0 Å². The molecule has 0 saturated heterocycles.